The van der Waals surface area contributed by atoms with Crippen molar-refractivity contribution in [3.63, 3.8) is 0 Å². The molecular weight excluding hydrogens is 417 g/mol. The number of hydrogen-bond donors (Lipinski definition) is 0. The number of nitrogens with zero attached hydrogens (tertiary/aromatic N) is 3. The molecule has 0 amide bonds. The van der Waals surface area contributed by atoms with Gasteiger partial charge >= 0.3 is 0 Å². The molecule has 7 heteroatoms. The van der Waals surface area contributed by atoms with Crippen LogP contribution in [0.1, 0.15) is 39.3 Å². The van der Waals surface area contributed by atoms with Crippen LogP contribution >= 0.6 is 37.2 Å². The highest BCUT2D eigenvalue weighted by molar-refractivity contribution is 5.86. The molecule has 1 unspecified atom stereocenters. The van der Waals surface area contributed by atoms with Crippen LogP contribution < -0.4 is 9.64 Å². The summed E-state index contributed by atoms with van der Waals surface area (Å²) in [5.74, 6) is 1.82. The fourth-order valence-electron chi connectivity index (χ4n) is 3.76. The molecule has 1 aliphatic rings. The Kier molecular flexibility index (Phi) is 11.2. The predicted molar refractivity (Wildman–Crippen MR) is 125 cm³/mol. The van der Waals surface area contributed by atoms with Gasteiger partial charge in [0.15, 0.2) is 11.6 Å². The molecule has 0 radical (unpaired) electrons. The second-order valence-electron chi connectivity index (χ2n) is 7.06. The molecule has 1 aromatic heterocycles. The number of halogens is 3. The fourth-order valence-corrected chi connectivity index (χ4v) is 3.76. The predicted octanol–water partition coefficient (Wildman–Crippen LogP) is 5.41. The Bertz CT molecular complexity index is 696. The van der Waals surface area contributed by atoms with Crippen molar-refractivity contribution in [1.29, 1.82) is 0 Å². The van der Waals surface area contributed by atoms with E-state index in [1.165, 1.54) is 5.56 Å². The van der Waals surface area contributed by atoms with Gasteiger partial charge in [-0.05, 0) is 44.6 Å². The van der Waals surface area contributed by atoms with Crippen molar-refractivity contribution in [2.75, 3.05) is 31.1 Å². The normalized spacial score (nSPS) is 16.8. The molecule has 0 bridgehead atoms. The van der Waals surface area contributed by atoms with Crippen LogP contribution in [0.2, 0.25) is 0 Å². The zero-order valence-electron chi connectivity index (χ0n) is 17.0. The first-order valence-corrected chi connectivity index (χ1v) is 9.24. The molecule has 0 spiro atoms. The number of rotatable bonds is 6. The Morgan fingerprint density at radius 3 is 2.25 bits per heavy atom. The standard InChI is InChI=1S/C21H29N3O.3ClH/c1-5-23(6-2)15-16-24-19(17-11-8-7-9-12-17)21(3,4)25-18-13-10-14-22-20(18)24;;;/h7-14,19H,5-6,15-16H2,1-4H3;3*1H. The van der Waals surface area contributed by atoms with Crippen molar-refractivity contribution in [2.45, 2.75) is 39.3 Å². The van der Waals surface area contributed by atoms with Crippen molar-refractivity contribution in [3.05, 3.63) is 54.2 Å². The summed E-state index contributed by atoms with van der Waals surface area (Å²) >= 11 is 0. The summed E-state index contributed by atoms with van der Waals surface area (Å²) in [4.78, 5) is 9.53. The van der Waals surface area contributed by atoms with Gasteiger partial charge in [0, 0.05) is 19.3 Å². The molecule has 1 aromatic carbocycles. The van der Waals surface area contributed by atoms with Gasteiger partial charge in [-0.15, -0.1) is 37.2 Å². The lowest BCUT2D eigenvalue weighted by Crippen LogP contribution is -2.52. The zero-order chi connectivity index (χ0) is 17.9. The van der Waals surface area contributed by atoms with Crippen LogP contribution in [0.15, 0.2) is 48.7 Å². The van der Waals surface area contributed by atoms with Gasteiger partial charge in [-0.3, -0.25) is 0 Å². The van der Waals surface area contributed by atoms with Gasteiger partial charge < -0.3 is 14.5 Å². The first kappa shape index (κ1) is 26.8. The molecular formula is C21H32Cl3N3O. The number of fused-ring (bicyclic) bond motifs is 1. The van der Waals surface area contributed by atoms with Crippen molar-refractivity contribution >= 4 is 43.0 Å². The van der Waals surface area contributed by atoms with Crippen LogP contribution in [0, 0.1) is 0 Å². The van der Waals surface area contributed by atoms with Gasteiger partial charge in [0.25, 0.3) is 0 Å². The third kappa shape index (κ3) is 5.66. The number of likely N-dealkylation sites (N-methyl/N-ethyl adjacent to an activating group) is 1. The summed E-state index contributed by atoms with van der Waals surface area (Å²) in [5, 5.41) is 0. The lowest BCUT2D eigenvalue weighted by atomic mass is 9.88. The van der Waals surface area contributed by atoms with Crippen molar-refractivity contribution < 1.29 is 4.74 Å². The van der Waals surface area contributed by atoms with Gasteiger partial charge in [0.05, 0.1) is 6.04 Å². The Morgan fingerprint density at radius 2 is 1.64 bits per heavy atom. The number of benzene rings is 1. The summed E-state index contributed by atoms with van der Waals surface area (Å²) in [6, 6.07) is 14.7. The molecule has 28 heavy (non-hydrogen) atoms. The van der Waals surface area contributed by atoms with Crippen LogP contribution in [0.4, 0.5) is 5.82 Å². The monoisotopic (exact) mass is 447 g/mol. The summed E-state index contributed by atoms with van der Waals surface area (Å²) in [6.45, 7) is 12.8. The maximum absolute atomic E-state index is 6.36. The minimum Gasteiger partial charge on any atom is -0.481 e. The van der Waals surface area contributed by atoms with Gasteiger partial charge in [0.2, 0.25) is 0 Å². The third-order valence-electron chi connectivity index (χ3n) is 5.03. The number of pyridine rings is 1. The molecule has 0 saturated heterocycles. The smallest absolute Gasteiger partial charge is 0.172 e. The maximum atomic E-state index is 6.36. The van der Waals surface area contributed by atoms with Gasteiger partial charge in [0.1, 0.15) is 5.60 Å². The molecule has 3 rings (SSSR count). The summed E-state index contributed by atoms with van der Waals surface area (Å²) in [5.41, 5.74) is 0.934. The molecule has 0 saturated carbocycles. The van der Waals surface area contributed by atoms with E-state index in [2.05, 4.69) is 72.8 Å². The summed E-state index contributed by atoms with van der Waals surface area (Å²) in [6.07, 6.45) is 1.85. The lowest BCUT2D eigenvalue weighted by Gasteiger charge is -2.48. The van der Waals surface area contributed by atoms with Crippen molar-refractivity contribution in [1.82, 2.24) is 9.88 Å². The molecule has 1 aliphatic heterocycles. The average Bonchev–Trinajstić information content (AvgIpc) is 2.62. The quantitative estimate of drug-likeness (QED) is 0.591. The van der Waals surface area contributed by atoms with Crippen LogP contribution in [0.5, 0.6) is 5.75 Å². The molecule has 158 valence electrons. The SMILES string of the molecule is CCN(CC)CCN1c2ncccc2OC(C)(C)C1c1ccccc1.Cl.Cl.Cl. The lowest BCUT2D eigenvalue weighted by molar-refractivity contribution is 0.0608. The van der Waals surface area contributed by atoms with E-state index in [0.717, 1.165) is 37.7 Å². The second-order valence-corrected chi connectivity index (χ2v) is 7.06. The molecule has 2 aromatic rings. The summed E-state index contributed by atoms with van der Waals surface area (Å²) in [7, 11) is 0. The Labute approximate surface area is 187 Å². The van der Waals surface area contributed by atoms with E-state index in [1.54, 1.807) is 0 Å². The van der Waals surface area contributed by atoms with Crippen LogP contribution in [-0.2, 0) is 0 Å². The van der Waals surface area contributed by atoms with Crippen LogP contribution in [0.25, 0.3) is 0 Å². The van der Waals surface area contributed by atoms with E-state index in [9.17, 15) is 0 Å². The van der Waals surface area contributed by atoms with E-state index in [0.29, 0.717) is 0 Å². The van der Waals surface area contributed by atoms with Gasteiger partial charge in [-0.25, -0.2) is 4.98 Å². The number of ether oxygens (including phenoxy) is 1. The summed E-state index contributed by atoms with van der Waals surface area (Å²) < 4.78 is 6.36. The second kappa shape index (κ2) is 11.7. The third-order valence-corrected chi connectivity index (χ3v) is 5.03. The first-order chi connectivity index (χ1) is 12.1. The molecule has 0 N–H and O–H groups in total. The van der Waals surface area contributed by atoms with E-state index < -0.39 is 0 Å². The largest absolute Gasteiger partial charge is 0.481 e. The van der Waals surface area contributed by atoms with Crippen molar-refractivity contribution in [2.24, 2.45) is 0 Å². The molecule has 1 atom stereocenters. The molecule has 4 nitrogen and oxygen atoms in total. The van der Waals surface area contributed by atoms with Gasteiger partial charge in [-0.2, -0.15) is 0 Å². The zero-order valence-corrected chi connectivity index (χ0v) is 19.4. The topological polar surface area (TPSA) is 28.6 Å². The average molecular weight is 449 g/mol. The molecule has 2 heterocycles. The number of aromatic nitrogens is 1. The van der Waals surface area contributed by atoms with Crippen molar-refractivity contribution in [3.8, 4) is 5.75 Å². The van der Waals surface area contributed by atoms with Crippen LogP contribution in [0.3, 0.4) is 0 Å². The van der Waals surface area contributed by atoms with Crippen LogP contribution in [-0.4, -0.2) is 41.7 Å². The highest BCUT2D eigenvalue weighted by atomic mass is 35.5. The Hall–Kier alpha value is -1.20. The van der Waals surface area contributed by atoms with E-state index >= 15 is 0 Å². The highest BCUT2D eigenvalue weighted by Gasteiger charge is 2.43. The minimum absolute atomic E-state index is 0. The molecule has 0 fully saturated rings. The first-order valence-electron chi connectivity index (χ1n) is 9.24. The Morgan fingerprint density at radius 1 is 1.00 bits per heavy atom. The Balaban J connectivity index is 0.00000243. The number of hydrogen-bond acceptors (Lipinski definition) is 4. The molecule has 0 aliphatic carbocycles. The van der Waals surface area contributed by atoms with E-state index in [1.807, 2.05) is 18.3 Å². The highest BCUT2D eigenvalue weighted by Crippen LogP contribution is 2.45. The minimum atomic E-state index is -0.333. The van der Waals surface area contributed by atoms with E-state index in [-0.39, 0.29) is 48.9 Å². The fraction of sp³-hybridized carbons (Fsp3) is 0.476. The number of anilines is 1. The van der Waals surface area contributed by atoms with E-state index in [4.69, 9.17) is 4.74 Å². The van der Waals surface area contributed by atoms with Gasteiger partial charge in [-0.1, -0.05) is 44.2 Å². The maximum Gasteiger partial charge on any atom is 0.172 e.